The summed E-state index contributed by atoms with van der Waals surface area (Å²) in [7, 11) is 1.72. The van der Waals surface area contributed by atoms with Gasteiger partial charge in [0, 0.05) is 26.2 Å². The summed E-state index contributed by atoms with van der Waals surface area (Å²) in [6, 6.07) is 2.19. The molecule has 0 radical (unpaired) electrons. The number of piperidine rings is 1. The maximum Gasteiger partial charge on any atom is 0.407 e. The second-order valence-corrected chi connectivity index (χ2v) is 7.23. The summed E-state index contributed by atoms with van der Waals surface area (Å²) in [5.74, 6) is 0.00872. The van der Waals surface area contributed by atoms with E-state index >= 15 is 0 Å². The normalized spacial score (nSPS) is 18.5. The van der Waals surface area contributed by atoms with Crippen molar-refractivity contribution in [3.8, 4) is 6.07 Å². The summed E-state index contributed by atoms with van der Waals surface area (Å²) in [6.07, 6.45) is 3.01. The third-order valence-corrected chi connectivity index (χ3v) is 3.95. The Morgan fingerprint density at radius 1 is 1.38 bits per heavy atom. The Bertz CT molecular complexity index is 467. The Hall–Kier alpha value is -1.81. The maximum atomic E-state index is 12.3. The van der Waals surface area contributed by atoms with Gasteiger partial charge in [0.15, 0.2) is 0 Å². The highest BCUT2D eigenvalue weighted by Gasteiger charge is 2.26. The fourth-order valence-electron chi connectivity index (χ4n) is 2.65. The third-order valence-electron chi connectivity index (χ3n) is 3.95. The zero-order valence-electron chi connectivity index (χ0n) is 15.3. The van der Waals surface area contributed by atoms with Crippen molar-refractivity contribution in [2.45, 2.75) is 58.1 Å². The molecule has 0 saturated carbocycles. The van der Waals surface area contributed by atoms with Crippen molar-refractivity contribution >= 4 is 12.0 Å². The Labute approximate surface area is 144 Å². The number of rotatable bonds is 6. The van der Waals surface area contributed by atoms with Crippen LogP contribution in [0.3, 0.4) is 0 Å². The molecule has 1 aliphatic rings. The van der Waals surface area contributed by atoms with Crippen LogP contribution in [0.25, 0.3) is 0 Å². The van der Waals surface area contributed by atoms with Crippen LogP contribution in [0.15, 0.2) is 0 Å². The van der Waals surface area contributed by atoms with Crippen molar-refractivity contribution in [1.82, 2.24) is 15.1 Å². The molecule has 0 aromatic rings. The number of likely N-dealkylation sites (N-methyl/N-ethyl adjacent to an activating group) is 1. The van der Waals surface area contributed by atoms with Gasteiger partial charge in [0.2, 0.25) is 5.91 Å². The first kappa shape index (κ1) is 20.2. The quantitative estimate of drug-likeness (QED) is 0.797. The van der Waals surface area contributed by atoms with Gasteiger partial charge >= 0.3 is 6.09 Å². The van der Waals surface area contributed by atoms with Crippen LogP contribution in [0.4, 0.5) is 4.79 Å². The molecule has 7 heteroatoms. The van der Waals surface area contributed by atoms with E-state index in [1.807, 2.05) is 26.8 Å². The van der Waals surface area contributed by atoms with Crippen molar-refractivity contribution in [3.05, 3.63) is 0 Å². The Morgan fingerprint density at radius 2 is 2.08 bits per heavy atom. The molecule has 24 heavy (non-hydrogen) atoms. The highest BCUT2D eigenvalue weighted by atomic mass is 16.6. The molecule has 0 aromatic heterocycles. The number of ether oxygens (including phenoxy) is 1. The van der Waals surface area contributed by atoms with E-state index in [2.05, 4.69) is 10.2 Å². The van der Waals surface area contributed by atoms with E-state index in [1.165, 1.54) is 0 Å². The monoisotopic (exact) mass is 338 g/mol. The van der Waals surface area contributed by atoms with Crippen LogP contribution in [-0.2, 0) is 9.53 Å². The number of carbonyl (C=O) groups excluding carboxylic acids is 2. The van der Waals surface area contributed by atoms with Crippen LogP contribution in [0.5, 0.6) is 0 Å². The molecule has 1 atom stereocenters. The predicted molar refractivity (Wildman–Crippen MR) is 91.3 cm³/mol. The van der Waals surface area contributed by atoms with Gasteiger partial charge in [-0.3, -0.25) is 9.69 Å². The molecule has 0 spiro atoms. The van der Waals surface area contributed by atoms with E-state index in [-0.39, 0.29) is 11.9 Å². The number of nitriles is 1. The van der Waals surface area contributed by atoms with Gasteiger partial charge in [-0.25, -0.2) is 4.79 Å². The molecule has 0 unspecified atom stereocenters. The summed E-state index contributed by atoms with van der Waals surface area (Å²) in [5, 5.41) is 11.4. The minimum Gasteiger partial charge on any atom is -0.444 e. The van der Waals surface area contributed by atoms with Crippen LogP contribution >= 0.6 is 0 Å². The lowest BCUT2D eigenvalue weighted by Gasteiger charge is -2.36. The molecule has 1 saturated heterocycles. The molecule has 1 aliphatic heterocycles. The van der Waals surface area contributed by atoms with E-state index in [4.69, 9.17) is 10.00 Å². The highest BCUT2D eigenvalue weighted by molar-refractivity contribution is 5.78. The number of alkyl carbamates (subject to hydrolysis) is 1. The van der Waals surface area contributed by atoms with Gasteiger partial charge in [-0.2, -0.15) is 5.26 Å². The molecule has 1 heterocycles. The summed E-state index contributed by atoms with van der Waals surface area (Å²) >= 11 is 0. The van der Waals surface area contributed by atoms with Crippen molar-refractivity contribution in [1.29, 1.82) is 5.26 Å². The number of nitrogens with zero attached hydrogens (tertiary/aromatic N) is 3. The largest absolute Gasteiger partial charge is 0.444 e. The minimum absolute atomic E-state index is 0.00872. The lowest BCUT2D eigenvalue weighted by Crippen LogP contribution is -2.50. The summed E-state index contributed by atoms with van der Waals surface area (Å²) < 4.78 is 5.25. The number of carbonyl (C=O) groups is 2. The first-order valence-electron chi connectivity index (χ1n) is 8.54. The molecular formula is C17H30N4O3. The van der Waals surface area contributed by atoms with Crippen LogP contribution in [0, 0.1) is 11.3 Å². The molecular weight excluding hydrogens is 308 g/mol. The molecule has 0 bridgehead atoms. The first-order valence-corrected chi connectivity index (χ1v) is 8.54. The van der Waals surface area contributed by atoms with E-state index in [0.29, 0.717) is 26.1 Å². The topological polar surface area (TPSA) is 85.7 Å². The average Bonchev–Trinajstić information content (AvgIpc) is 2.50. The van der Waals surface area contributed by atoms with Crippen molar-refractivity contribution in [2.24, 2.45) is 0 Å². The van der Waals surface area contributed by atoms with Crippen LogP contribution in [0.1, 0.15) is 46.5 Å². The second-order valence-electron chi connectivity index (χ2n) is 7.23. The smallest absolute Gasteiger partial charge is 0.407 e. The van der Waals surface area contributed by atoms with Gasteiger partial charge in [0.25, 0.3) is 0 Å². The predicted octanol–water partition coefficient (Wildman–Crippen LogP) is 1.74. The Balaban J connectivity index is 2.48. The zero-order chi connectivity index (χ0) is 18.2. The van der Waals surface area contributed by atoms with E-state index in [9.17, 15) is 9.59 Å². The second kappa shape index (κ2) is 9.48. The van der Waals surface area contributed by atoms with Gasteiger partial charge in [0.1, 0.15) is 5.60 Å². The van der Waals surface area contributed by atoms with Crippen molar-refractivity contribution < 1.29 is 14.3 Å². The molecule has 0 aliphatic carbocycles. The number of hydrogen-bond donors (Lipinski definition) is 1. The number of amides is 2. The van der Waals surface area contributed by atoms with Gasteiger partial charge in [-0.1, -0.05) is 6.42 Å². The van der Waals surface area contributed by atoms with Crippen LogP contribution in [0.2, 0.25) is 0 Å². The standard InChI is InChI=1S/C17H30N4O3/c1-17(2,3)24-16(23)19-12-14-8-5-6-11-21(14)13-15(22)20(4)10-7-9-18/h14H,5-8,10-13H2,1-4H3,(H,19,23)/t14-/m1/s1. The Kier molecular flexibility index (Phi) is 7.99. The van der Waals surface area contributed by atoms with E-state index in [0.717, 1.165) is 25.8 Å². The van der Waals surface area contributed by atoms with Gasteiger partial charge in [0.05, 0.1) is 19.0 Å². The first-order chi connectivity index (χ1) is 11.2. The lowest BCUT2D eigenvalue weighted by atomic mass is 10.0. The van der Waals surface area contributed by atoms with Gasteiger partial charge in [-0.05, 0) is 40.2 Å². The average molecular weight is 338 g/mol. The fourth-order valence-corrected chi connectivity index (χ4v) is 2.65. The molecule has 2 amide bonds. The SMILES string of the molecule is CN(CCC#N)C(=O)CN1CCCC[C@@H]1CNC(=O)OC(C)(C)C. The molecule has 7 nitrogen and oxygen atoms in total. The molecule has 1 fully saturated rings. The van der Waals surface area contributed by atoms with Crippen molar-refractivity contribution in [3.63, 3.8) is 0 Å². The van der Waals surface area contributed by atoms with Crippen LogP contribution in [-0.4, -0.2) is 66.7 Å². The minimum atomic E-state index is -0.518. The summed E-state index contributed by atoms with van der Waals surface area (Å²) in [5.41, 5.74) is -0.518. The third kappa shape index (κ3) is 7.64. The molecule has 0 aromatic carbocycles. The maximum absolute atomic E-state index is 12.3. The molecule has 136 valence electrons. The summed E-state index contributed by atoms with van der Waals surface area (Å²) in [6.45, 7) is 7.58. The van der Waals surface area contributed by atoms with Crippen molar-refractivity contribution in [2.75, 3.05) is 33.2 Å². The number of likely N-dealkylation sites (tertiary alicyclic amines) is 1. The summed E-state index contributed by atoms with van der Waals surface area (Å²) in [4.78, 5) is 27.8. The number of nitrogens with one attached hydrogen (secondary N) is 1. The van der Waals surface area contributed by atoms with E-state index in [1.54, 1.807) is 11.9 Å². The number of hydrogen-bond acceptors (Lipinski definition) is 5. The lowest BCUT2D eigenvalue weighted by molar-refractivity contribution is -0.132. The Morgan fingerprint density at radius 3 is 2.71 bits per heavy atom. The fraction of sp³-hybridized carbons (Fsp3) is 0.824. The molecule has 1 N–H and O–H groups in total. The van der Waals surface area contributed by atoms with Gasteiger partial charge in [-0.15, -0.1) is 0 Å². The zero-order valence-corrected chi connectivity index (χ0v) is 15.3. The van der Waals surface area contributed by atoms with Gasteiger partial charge < -0.3 is 15.0 Å². The highest BCUT2D eigenvalue weighted by Crippen LogP contribution is 2.17. The van der Waals surface area contributed by atoms with E-state index < -0.39 is 11.7 Å². The molecule has 1 rings (SSSR count). The van der Waals surface area contributed by atoms with Crippen LogP contribution < -0.4 is 5.32 Å².